The predicted molar refractivity (Wildman–Crippen MR) is 133 cm³/mol. The summed E-state index contributed by atoms with van der Waals surface area (Å²) in [5, 5.41) is 12.6. The van der Waals surface area contributed by atoms with Gasteiger partial charge in [-0.15, -0.1) is 21.5 Å². The number of hydrogen-bond donors (Lipinski definition) is 0. The first-order valence-corrected chi connectivity index (χ1v) is 12.9. The highest BCUT2D eigenvalue weighted by Gasteiger charge is 2.30. The van der Waals surface area contributed by atoms with E-state index in [-0.39, 0.29) is 5.91 Å². The monoisotopic (exact) mass is 475 g/mol. The zero-order valence-electron chi connectivity index (χ0n) is 18.6. The molecule has 0 aliphatic heterocycles. The van der Waals surface area contributed by atoms with E-state index in [9.17, 15) is 4.79 Å². The Labute approximate surface area is 201 Å². The molecule has 2 aromatic carbocycles. The summed E-state index contributed by atoms with van der Waals surface area (Å²) >= 11 is 3.13. The fraction of sp³-hybridized carbons (Fsp3) is 0.280. The zero-order chi connectivity index (χ0) is 22.8. The molecule has 2 aromatic heterocycles. The summed E-state index contributed by atoms with van der Waals surface area (Å²) in [6.07, 6.45) is 2.37. The third kappa shape index (κ3) is 5.02. The van der Waals surface area contributed by atoms with Crippen LogP contribution in [0.1, 0.15) is 48.3 Å². The van der Waals surface area contributed by atoms with Gasteiger partial charge in [0.25, 0.3) is 0 Å². The molecule has 0 radical (unpaired) electrons. The lowest BCUT2D eigenvalue weighted by Gasteiger charge is -2.18. The van der Waals surface area contributed by atoms with Crippen molar-refractivity contribution < 1.29 is 4.79 Å². The van der Waals surface area contributed by atoms with Crippen LogP contribution in [0.25, 0.3) is 0 Å². The van der Waals surface area contributed by atoms with E-state index in [1.165, 1.54) is 29.7 Å². The molecule has 0 saturated heterocycles. The van der Waals surface area contributed by atoms with Gasteiger partial charge in [-0.05, 0) is 43.0 Å². The predicted octanol–water partition coefficient (Wildman–Crippen LogP) is 5.95. The lowest BCUT2D eigenvalue weighted by molar-refractivity contribution is -0.115. The van der Waals surface area contributed by atoms with E-state index in [2.05, 4.69) is 39.0 Å². The van der Waals surface area contributed by atoms with Crippen molar-refractivity contribution >= 4 is 39.8 Å². The highest BCUT2D eigenvalue weighted by molar-refractivity contribution is 7.98. The molecule has 33 heavy (non-hydrogen) atoms. The van der Waals surface area contributed by atoms with E-state index in [0.717, 1.165) is 34.5 Å². The van der Waals surface area contributed by atoms with Crippen LogP contribution in [-0.4, -0.2) is 25.7 Å². The van der Waals surface area contributed by atoms with Crippen molar-refractivity contribution in [3.63, 3.8) is 0 Å². The first-order valence-electron chi connectivity index (χ1n) is 11.0. The first kappa shape index (κ1) is 21.9. The number of anilines is 2. The van der Waals surface area contributed by atoms with Crippen LogP contribution >= 0.6 is 23.1 Å². The van der Waals surface area contributed by atoms with E-state index >= 15 is 0 Å². The molecule has 1 aliphatic rings. The van der Waals surface area contributed by atoms with Crippen molar-refractivity contribution in [2.24, 2.45) is 0 Å². The molecule has 0 atom stereocenters. The van der Waals surface area contributed by atoms with Crippen LogP contribution in [0.15, 0.2) is 65.1 Å². The summed E-state index contributed by atoms with van der Waals surface area (Å²) in [4.78, 5) is 18.8. The molecule has 8 heteroatoms. The molecular formula is C25H25N5OS2. The number of carbonyl (C=O) groups excluding carboxylic acids is 1. The number of rotatable bonds is 8. The first-order chi connectivity index (χ1) is 16.1. The molecule has 1 fully saturated rings. The summed E-state index contributed by atoms with van der Waals surface area (Å²) in [5.41, 5.74) is 4.12. The second-order valence-electron chi connectivity index (χ2n) is 8.29. The van der Waals surface area contributed by atoms with Gasteiger partial charge in [-0.1, -0.05) is 54.2 Å². The molecule has 0 spiro atoms. The summed E-state index contributed by atoms with van der Waals surface area (Å²) in [6, 6.07) is 18.4. The van der Waals surface area contributed by atoms with Crippen molar-refractivity contribution in [3.05, 3.63) is 82.6 Å². The molecule has 0 N–H and O–H groups in total. The van der Waals surface area contributed by atoms with Crippen molar-refractivity contribution in [2.75, 3.05) is 4.90 Å². The van der Waals surface area contributed by atoms with Gasteiger partial charge < -0.3 is 4.57 Å². The van der Waals surface area contributed by atoms with E-state index in [4.69, 9.17) is 4.98 Å². The number of benzene rings is 2. The summed E-state index contributed by atoms with van der Waals surface area (Å²) in [7, 11) is 0. The normalized spacial score (nSPS) is 13.3. The highest BCUT2D eigenvalue weighted by Crippen LogP contribution is 2.40. The van der Waals surface area contributed by atoms with Crippen LogP contribution < -0.4 is 4.90 Å². The molecule has 1 saturated carbocycles. The smallest absolute Gasteiger partial charge is 0.230 e. The van der Waals surface area contributed by atoms with Crippen LogP contribution in [0, 0.1) is 6.92 Å². The van der Waals surface area contributed by atoms with Gasteiger partial charge in [0, 0.05) is 24.0 Å². The number of thioether (sulfide) groups is 1. The average Bonchev–Trinajstić information content (AvgIpc) is 3.42. The Hall–Kier alpha value is -2.97. The number of aryl methyl sites for hydroxylation is 1. The molecule has 0 bridgehead atoms. The van der Waals surface area contributed by atoms with Gasteiger partial charge in [0.15, 0.2) is 10.3 Å². The Bertz CT molecular complexity index is 1260. The molecule has 168 valence electrons. The minimum atomic E-state index is -0.0502. The standard InChI is InChI=1S/C25H25N5OS2/c1-17-7-6-10-22(13-17)30(18(2)31)24-26-21(15-32-24)16-33-25-28-27-23(20-11-12-20)29(25)14-19-8-4-3-5-9-19/h3-10,13,15,20H,11-12,14,16H2,1-2H3. The van der Waals surface area contributed by atoms with Crippen LogP contribution in [0.5, 0.6) is 0 Å². The van der Waals surface area contributed by atoms with E-state index < -0.39 is 0 Å². The number of amides is 1. The van der Waals surface area contributed by atoms with Gasteiger partial charge in [0.2, 0.25) is 5.91 Å². The number of aromatic nitrogens is 4. The minimum Gasteiger partial charge on any atom is -0.301 e. The maximum Gasteiger partial charge on any atom is 0.230 e. The van der Waals surface area contributed by atoms with Crippen LogP contribution in [-0.2, 0) is 17.1 Å². The fourth-order valence-electron chi connectivity index (χ4n) is 3.76. The third-order valence-electron chi connectivity index (χ3n) is 5.53. The maximum atomic E-state index is 12.4. The Balaban J connectivity index is 1.34. The Morgan fingerprint density at radius 1 is 1.15 bits per heavy atom. The minimum absolute atomic E-state index is 0.0502. The molecule has 0 unspecified atom stereocenters. The van der Waals surface area contributed by atoms with Gasteiger partial charge in [-0.25, -0.2) is 4.98 Å². The van der Waals surface area contributed by atoms with E-state index in [1.54, 1.807) is 23.6 Å². The van der Waals surface area contributed by atoms with Crippen LogP contribution in [0.3, 0.4) is 0 Å². The molecule has 6 nitrogen and oxygen atoms in total. The van der Waals surface area contributed by atoms with Gasteiger partial charge >= 0.3 is 0 Å². The summed E-state index contributed by atoms with van der Waals surface area (Å²) in [5.74, 6) is 2.24. The zero-order valence-corrected chi connectivity index (χ0v) is 20.3. The molecule has 4 aromatic rings. The highest BCUT2D eigenvalue weighted by atomic mass is 32.2. The topological polar surface area (TPSA) is 63.9 Å². The van der Waals surface area contributed by atoms with Crippen molar-refractivity contribution in [1.82, 2.24) is 19.7 Å². The van der Waals surface area contributed by atoms with Crippen molar-refractivity contribution in [1.29, 1.82) is 0 Å². The average molecular weight is 476 g/mol. The molecule has 5 rings (SSSR count). The molecule has 1 amide bonds. The summed E-state index contributed by atoms with van der Waals surface area (Å²) < 4.78 is 2.25. The Morgan fingerprint density at radius 2 is 1.97 bits per heavy atom. The number of thiazole rings is 1. The lowest BCUT2D eigenvalue weighted by atomic mass is 10.2. The van der Waals surface area contributed by atoms with Crippen molar-refractivity contribution in [2.45, 2.75) is 50.1 Å². The number of hydrogen-bond acceptors (Lipinski definition) is 6. The van der Waals surface area contributed by atoms with Gasteiger partial charge in [0.05, 0.1) is 17.9 Å². The van der Waals surface area contributed by atoms with E-state index in [0.29, 0.717) is 16.8 Å². The second kappa shape index (κ2) is 9.49. The van der Waals surface area contributed by atoms with E-state index in [1.807, 2.05) is 42.6 Å². The van der Waals surface area contributed by atoms with Gasteiger partial charge in [-0.2, -0.15) is 0 Å². The molecular weight excluding hydrogens is 450 g/mol. The van der Waals surface area contributed by atoms with Gasteiger partial charge in [0.1, 0.15) is 5.82 Å². The van der Waals surface area contributed by atoms with Crippen LogP contribution in [0.4, 0.5) is 10.8 Å². The Morgan fingerprint density at radius 3 is 2.70 bits per heavy atom. The fourth-order valence-corrected chi connectivity index (χ4v) is 5.59. The molecule has 2 heterocycles. The third-order valence-corrected chi connectivity index (χ3v) is 7.40. The number of carbonyl (C=O) groups is 1. The number of nitrogens with zero attached hydrogens (tertiary/aromatic N) is 5. The largest absolute Gasteiger partial charge is 0.301 e. The maximum absolute atomic E-state index is 12.4. The Kier molecular flexibility index (Phi) is 6.28. The van der Waals surface area contributed by atoms with Gasteiger partial charge in [-0.3, -0.25) is 9.69 Å². The second-order valence-corrected chi connectivity index (χ2v) is 10.1. The quantitative estimate of drug-likeness (QED) is 0.295. The van der Waals surface area contributed by atoms with Crippen molar-refractivity contribution in [3.8, 4) is 0 Å². The van der Waals surface area contributed by atoms with Crippen LogP contribution in [0.2, 0.25) is 0 Å². The molecule has 1 aliphatic carbocycles. The summed E-state index contributed by atoms with van der Waals surface area (Å²) in [6.45, 7) is 4.37. The SMILES string of the molecule is CC(=O)N(c1cccc(C)c1)c1nc(CSc2nnc(C3CC3)n2Cc2ccccc2)cs1. The lowest BCUT2D eigenvalue weighted by Crippen LogP contribution is -2.22.